The van der Waals surface area contributed by atoms with Crippen molar-refractivity contribution in [2.75, 3.05) is 0 Å². The van der Waals surface area contributed by atoms with Crippen molar-refractivity contribution in [1.82, 2.24) is 0 Å². The Morgan fingerprint density at radius 2 is 0.382 bits per heavy atom. The van der Waals surface area contributed by atoms with Crippen LogP contribution in [0, 0.1) is 0 Å². The predicted molar refractivity (Wildman–Crippen MR) is 99.6 cm³/mol. The minimum Gasteiger partial charge on any atom is -0.478 e. The fraction of sp³-hybridized carbons (Fsp3) is 0. The van der Waals surface area contributed by atoms with Gasteiger partial charge in [0.05, 0.1) is 44.5 Å². The predicted octanol–water partition coefficient (Wildman–Crippen LogP) is 0.425. The van der Waals surface area contributed by atoms with Gasteiger partial charge in [0.15, 0.2) is 0 Å². The Labute approximate surface area is 183 Å². The van der Waals surface area contributed by atoms with E-state index in [9.17, 15) is 79.2 Å². The van der Waals surface area contributed by atoms with Crippen LogP contribution in [0.25, 0.3) is 10.8 Å². The lowest BCUT2D eigenvalue weighted by molar-refractivity contribution is 0.0615. The molecule has 0 aromatic heterocycles. The van der Waals surface area contributed by atoms with E-state index in [0.717, 1.165) is 0 Å². The van der Waals surface area contributed by atoms with E-state index in [0.29, 0.717) is 0 Å². The first-order valence-electron chi connectivity index (χ1n) is 8.17. The molecule has 0 fully saturated rings. The second-order valence-corrected chi connectivity index (χ2v) is 6.19. The molecule has 16 nitrogen and oxygen atoms in total. The third-order valence-electron chi connectivity index (χ3n) is 4.46. The molecule has 2 aromatic rings. The molecule has 0 aliphatic rings. The minimum atomic E-state index is -2.42. The summed E-state index contributed by atoms with van der Waals surface area (Å²) in [5, 5.41) is 72.9. The zero-order valence-electron chi connectivity index (χ0n) is 15.8. The van der Waals surface area contributed by atoms with Crippen LogP contribution in [0.2, 0.25) is 0 Å². The fourth-order valence-corrected chi connectivity index (χ4v) is 3.46. The van der Waals surface area contributed by atoms with Gasteiger partial charge in [0, 0.05) is 10.8 Å². The normalized spacial score (nSPS) is 10.5. The van der Waals surface area contributed by atoms with Crippen LogP contribution in [-0.2, 0) is 0 Å². The fourth-order valence-electron chi connectivity index (χ4n) is 3.46. The van der Waals surface area contributed by atoms with Gasteiger partial charge >= 0.3 is 47.8 Å². The molecule has 8 N–H and O–H groups in total. The lowest BCUT2D eigenvalue weighted by Gasteiger charge is -2.20. The van der Waals surface area contributed by atoms with Crippen LogP contribution in [0.1, 0.15) is 82.9 Å². The molecule has 34 heavy (non-hydrogen) atoms. The molecule has 0 unspecified atom stereocenters. The number of hydrogen-bond donors (Lipinski definition) is 8. The second-order valence-electron chi connectivity index (χ2n) is 6.19. The van der Waals surface area contributed by atoms with Gasteiger partial charge in [-0.05, 0) is 0 Å². The number of hydrogen-bond acceptors (Lipinski definition) is 8. The molecular weight excluding hydrogens is 472 g/mol. The number of benzene rings is 2. The molecule has 2 rings (SSSR count). The Balaban J connectivity index is 3.85. The molecule has 16 heteroatoms. The maximum absolute atomic E-state index is 11.9. The van der Waals surface area contributed by atoms with E-state index < -0.39 is 103 Å². The molecule has 0 radical (unpaired) electrons. The number of fused-ring (bicyclic) bond motifs is 1. The van der Waals surface area contributed by atoms with E-state index in [4.69, 9.17) is 0 Å². The van der Waals surface area contributed by atoms with E-state index in [1.54, 1.807) is 0 Å². The summed E-state index contributed by atoms with van der Waals surface area (Å²) in [6.07, 6.45) is 0. The van der Waals surface area contributed by atoms with Crippen LogP contribution >= 0.6 is 0 Å². The summed E-state index contributed by atoms with van der Waals surface area (Å²) in [6, 6.07) is 0. The Hall–Kier alpha value is -5.54. The first-order chi connectivity index (χ1) is 15.6. The van der Waals surface area contributed by atoms with Gasteiger partial charge in [-0.15, -0.1) is 0 Å². The van der Waals surface area contributed by atoms with Gasteiger partial charge in [0.1, 0.15) is 0 Å². The van der Waals surface area contributed by atoms with Gasteiger partial charge < -0.3 is 40.9 Å². The monoisotopic (exact) mass is 480 g/mol. The molecule has 0 saturated carbocycles. The Morgan fingerprint density at radius 3 is 0.471 bits per heavy atom. The van der Waals surface area contributed by atoms with Crippen molar-refractivity contribution < 1.29 is 79.2 Å². The standard InChI is InChI=1S/C18H8O16/c19-11(20)3-1-2(5(13(23)24)9(17(31)32)7(3)15(27)28)6(14(25)26)10(18(33)34)8(16(29)30)4(1)12(21)22/h(H,19,20)(H,21,22)(H,23,24)(H,25,26)(H,27,28)(H,29,30)(H,31,32)(H,33,34). The average molecular weight is 480 g/mol. The van der Waals surface area contributed by atoms with Crippen molar-refractivity contribution in [3.05, 3.63) is 44.5 Å². The molecule has 0 heterocycles. The maximum Gasteiger partial charge on any atom is 0.337 e. The molecule has 0 aliphatic carbocycles. The second kappa shape index (κ2) is 8.19. The van der Waals surface area contributed by atoms with Crippen LogP contribution in [-0.4, -0.2) is 88.6 Å². The van der Waals surface area contributed by atoms with E-state index >= 15 is 0 Å². The summed E-state index contributed by atoms with van der Waals surface area (Å²) in [7, 11) is 0. The zero-order chi connectivity index (χ0) is 26.4. The Kier molecular flexibility index (Phi) is 5.95. The number of rotatable bonds is 8. The van der Waals surface area contributed by atoms with E-state index in [1.807, 2.05) is 0 Å². The highest BCUT2D eigenvalue weighted by Gasteiger charge is 2.42. The topological polar surface area (TPSA) is 298 Å². The van der Waals surface area contributed by atoms with E-state index in [-0.39, 0.29) is 0 Å². The van der Waals surface area contributed by atoms with Crippen LogP contribution in [0.5, 0.6) is 0 Å². The minimum absolute atomic E-state index is 1.63. The van der Waals surface area contributed by atoms with Crippen molar-refractivity contribution >= 4 is 58.5 Å². The molecule has 0 spiro atoms. The number of carbonyl (C=O) groups is 8. The summed E-state index contributed by atoms with van der Waals surface area (Å²) in [5.74, 6) is -19.3. The SMILES string of the molecule is O=C(O)c1c(C(=O)O)c(C(=O)O)c2c(C(=O)O)c(C(=O)O)c(C(=O)O)c(C(=O)O)c2c1C(=O)O. The smallest absolute Gasteiger partial charge is 0.337 e. The van der Waals surface area contributed by atoms with E-state index in [1.165, 1.54) is 0 Å². The summed E-state index contributed by atoms with van der Waals surface area (Å²) in [6.45, 7) is 0. The van der Waals surface area contributed by atoms with Crippen LogP contribution in [0.3, 0.4) is 0 Å². The van der Waals surface area contributed by atoms with Crippen LogP contribution in [0.4, 0.5) is 0 Å². The molecule has 0 bridgehead atoms. The zero-order valence-corrected chi connectivity index (χ0v) is 15.8. The third-order valence-corrected chi connectivity index (χ3v) is 4.46. The van der Waals surface area contributed by atoms with Gasteiger partial charge in [-0.1, -0.05) is 0 Å². The third kappa shape index (κ3) is 3.45. The number of carboxylic acid groups (broad SMARTS) is 8. The van der Waals surface area contributed by atoms with Crippen molar-refractivity contribution in [3.8, 4) is 0 Å². The molecular formula is C18H8O16. The highest BCUT2D eigenvalue weighted by molar-refractivity contribution is 6.32. The summed E-state index contributed by atoms with van der Waals surface area (Å²) >= 11 is 0. The molecule has 0 aliphatic heterocycles. The molecule has 0 amide bonds. The van der Waals surface area contributed by atoms with Crippen LogP contribution in [0.15, 0.2) is 0 Å². The van der Waals surface area contributed by atoms with Crippen molar-refractivity contribution in [3.63, 3.8) is 0 Å². The van der Waals surface area contributed by atoms with Gasteiger partial charge in [-0.2, -0.15) is 0 Å². The lowest BCUT2D eigenvalue weighted by Crippen LogP contribution is -2.26. The molecule has 0 saturated heterocycles. The van der Waals surface area contributed by atoms with Gasteiger partial charge in [0.2, 0.25) is 0 Å². The number of carboxylic acids is 8. The van der Waals surface area contributed by atoms with Gasteiger partial charge in [0.25, 0.3) is 0 Å². The quantitative estimate of drug-likeness (QED) is 0.254. The average Bonchev–Trinajstić information content (AvgIpc) is 2.68. The summed E-state index contributed by atoms with van der Waals surface area (Å²) in [5.41, 5.74) is -14.4. The Bertz CT molecular complexity index is 1200. The highest BCUT2D eigenvalue weighted by atomic mass is 16.4. The largest absolute Gasteiger partial charge is 0.478 e. The van der Waals surface area contributed by atoms with Crippen LogP contribution < -0.4 is 0 Å². The molecule has 176 valence electrons. The van der Waals surface area contributed by atoms with Crippen molar-refractivity contribution in [2.45, 2.75) is 0 Å². The van der Waals surface area contributed by atoms with Gasteiger partial charge in [-0.3, -0.25) is 0 Å². The lowest BCUT2D eigenvalue weighted by atomic mass is 9.80. The first-order valence-corrected chi connectivity index (χ1v) is 8.17. The molecule has 2 aromatic carbocycles. The van der Waals surface area contributed by atoms with E-state index in [2.05, 4.69) is 0 Å². The van der Waals surface area contributed by atoms with Gasteiger partial charge in [-0.25, -0.2) is 38.4 Å². The van der Waals surface area contributed by atoms with Crippen molar-refractivity contribution in [1.29, 1.82) is 0 Å². The van der Waals surface area contributed by atoms with Crippen molar-refractivity contribution in [2.24, 2.45) is 0 Å². The number of aromatic carboxylic acids is 8. The summed E-state index contributed by atoms with van der Waals surface area (Å²) in [4.78, 5) is 94.9. The maximum atomic E-state index is 11.9. The Morgan fingerprint density at radius 1 is 0.265 bits per heavy atom. The first kappa shape index (κ1) is 24.7. The summed E-state index contributed by atoms with van der Waals surface area (Å²) < 4.78 is 0. The highest BCUT2D eigenvalue weighted by Crippen LogP contribution is 2.40. The molecule has 0 atom stereocenters.